The first-order chi connectivity index (χ1) is 7.45. The van der Waals surface area contributed by atoms with Gasteiger partial charge >= 0.3 is 17.2 Å². The molecule has 10 heteroatoms. The number of esters is 2. The van der Waals surface area contributed by atoms with Crippen LogP contribution in [0.5, 0.6) is 0 Å². The molecule has 0 N–H and O–H groups in total. The lowest BCUT2D eigenvalue weighted by molar-refractivity contribution is -0.777. The molecule has 0 radical (unpaired) electrons. The third-order valence-corrected chi connectivity index (χ3v) is 2.00. The number of alkyl halides is 2. The van der Waals surface area contributed by atoms with Crippen molar-refractivity contribution in [2.75, 3.05) is 6.61 Å². The van der Waals surface area contributed by atoms with Gasteiger partial charge in [0.25, 0.3) is 0 Å². The van der Waals surface area contributed by atoms with E-state index < -0.39 is 35.3 Å². The molecule has 1 saturated heterocycles. The molecule has 1 aliphatic heterocycles. The maximum atomic E-state index is 12.8. The molecule has 0 saturated carbocycles. The molecule has 0 spiro atoms. The normalized spacial score (nSPS) is 20.7. The molecule has 16 heavy (non-hydrogen) atoms. The highest BCUT2D eigenvalue weighted by Crippen LogP contribution is 2.31. The molecule has 1 rings (SSSR count). The third kappa shape index (κ3) is 3.56. The summed E-state index contributed by atoms with van der Waals surface area (Å²) in [6.45, 7) is -0.274. The predicted molar refractivity (Wildman–Crippen MR) is 40.2 cm³/mol. The Morgan fingerprint density at radius 1 is 1.62 bits per heavy atom. The largest absolute Gasteiger partial charge is 0.691 e. The smallest absolute Gasteiger partial charge is 0.415 e. The van der Waals surface area contributed by atoms with Crippen LogP contribution in [0.15, 0.2) is 0 Å². The van der Waals surface area contributed by atoms with E-state index in [4.69, 9.17) is 0 Å². The quantitative estimate of drug-likeness (QED) is 0.277. The van der Waals surface area contributed by atoms with Gasteiger partial charge in [-0.2, -0.15) is 13.1 Å². The van der Waals surface area contributed by atoms with E-state index >= 15 is 0 Å². The summed E-state index contributed by atoms with van der Waals surface area (Å²) >= 11 is -0.797. The molecule has 1 fully saturated rings. The van der Waals surface area contributed by atoms with E-state index in [-0.39, 0.29) is 13.0 Å². The first kappa shape index (κ1) is 13.1. The van der Waals surface area contributed by atoms with Gasteiger partial charge in [0.2, 0.25) is 0 Å². The minimum atomic E-state index is -4.10. The van der Waals surface area contributed by atoms with Crippen LogP contribution in [-0.4, -0.2) is 29.9 Å². The molecule has 0 aliphatic carbocycles. The summed E-state index contributed by atoms with van der Waals surface area (Å²) < 4.78 is 37.5. The summed E-state index contributed by atoms with van der Waals surface area (Å²) in [7, 11) is 0. The van der Waals surface area contributed by atoms with Crippen LogP contribution in [0.1, 0.15) is 6.42 Å². The van der Waals surface area contributed by atoms with Crippen molar-refractivity contribution in [3.05, 3.63) is 0 Å². The molecule has 0 bridgehead atoms. The lowest BCUT2D eigenvalue weighted by Gasteiger charge is -2.15. The van der Waals surface area contributed by atoms with Crippen LogP contribution >= 0.6 is 12.0 Å². The van der Waals surface area contributed by atoms with Crippen LogP contribution in [0, 0.1) is 0 Å². The fraction of sp³-hybridized carbons (Fsp3) is 0.667. The molecule has 7 nitrogen and oxygen atoms in total. The first-order valence-electron chi connectivity index (χ1n) is 3.84. The Bertz CT molecular complexity index is 284. The Morgan fingerprint density at radius 2 is 2.31 bits per heavy atom. The van der Waals surface area contributed by atoms with E-state index in [2.05, 4.69) is 18.8 Å². The van der Waals surface area contributed by atoms with Crippen LogP contribution in [0.25, 0.3) is 0 Å². The van der Waals surface area contributed by atoms with Crippen LogP contribution in [0.4, 0.5) is 8.78 Å². The number of rotatable bonds is 5. The van der Waals surface area contributed by atoms with E-state index in [1.54, 1.807) is 0 Å². The Balaban J connectivity index is 2.41. The zero-order valence-electron chi connectivity index (χ0n) is 7.51. The molecular formula is C6H5F2O7S-. The monoisotopic (exact) mass is 259 g/mol. The predicted octanol–water partition coefficient (Wildman–Crippen LogP) is -0.690. The standard InChI is InChI=1S/C6H6F2O7S/c7-6(8,16-15-14-11)5(10)13-3-1-4(9)12-2-3/h3,11H,1-2H2/p-1. The summed E-state index contributed by atoms with van der Waals surface area (Å²) in [5.74, 6) is -2.59. The Labute approximate surface area is 91.7 Å². The number of hydrogen-bond donors (Lipinski definition) is 0. The van der Waals surface area contributed by atoms with Crippen molar-refractivity contribution >= 4 is 24.0 Å². The Hall–Kier alpha value is -0.970. The topological polar surface area (TPSA) is 94.1 Å². The van der Waals surface area contributed by atoms with E-state index in [1.165, 1.54) is 0 Å². The number of ether oxygens (including phenoxy) is 2. The number of hydrogen-bond acceptors (Lipinski definition) is 8. The third-order valence-electron chi connectivity index (χ3n) is 1.50. The SMILES string of the molecule is O=C1CC(OC(=O)C(F)(F)SOO[O-])CO1. The molecule has 0 aromatic carbocycles. The van der Waals surface area contributed by atoms with Crippen molar-refractivity contribution in [1.82, 2.24) is 0 Å². The van der Waals surface area contributed by atoms with Crippen molar-refractivity contribution in [3.63, 3.8) is 0 Å². The summed E-state index contributed by atoms with van der Waals surface area (Å²) in [4.78, 5) is 21.4. The maximum Gasteiger partial charge on any atom is 0.415 e. The van der Waals surface area contributed by atoms with Crippen molar-refractivity contribution in [2.24, 2.45) is 0 Å². The molecule has 0 aromatic rings. The van der Waals surface area contributed by atoms with Gasteiger partial charge in [0, 0.05) is 0 Å². The molecule has 1 heterocycles. The molecule has 1 unspecified atom stereocenters. The number of carbonyl (C=O) groups is 2. The van der Waals surface area contributed by atoms with Gasteiger partial charge in [-0.3, -0.25) is 9.83 Å². The van der Waals surface area contributed by atoms with Gasteiger partial charge in [-0.15, -0.1) is 0 Å². The van der Waals surface area contributed by atoms with Gasteiger partial charge in [0.1, 0.15) is 24.8 Å². The highest BCUT2D eigenvalue weighted by atomic mass is 32.2. The van der Waals surface area contributed by atoms with Crippen molar-refractivity contribution in [3.8, 4) is 0 Å². The molecule has 1 atom stereocenters. The summed E-state index contributed by atoms with van der Waals surface area (Å²) in [6.07, 6.45) is -1.34. The van der Waals surface area contributed by atoms with Gasteiger partial charge in [-0.25, -0.2) is 4.79 Å². The average Bonchev–Trinajstić information content (AvgIpc) is 2.61. The van der Waals surface area contributed by atoms with Crippen molar-refractivity contribution < 1.29 is 42.5 Å². The highest BCUT2D eigenvalue weighted by molar-refractivity contribution is 7.96. The fourth-order valence-corrected chi connectivity index (χ4v) is 1.11. The van der Waals surface area contributed by atoms with Crippen LogP contribution in [0.3, 0.4) is 0 Å². The lowest BCUT2D eigenvalue weighted by atomic mass is 10.3. The van der Waals surface area contributed by atoms with Crippen molar-refractivity contribution in [2.45, 2.75) is 17.8 Å². The number of carbonyl (C=O) groups excluding carboxylic acids is 2. The number of halogens is 2. The van der Waals surface area contributed by atoms with Crippen molar-refractivity contribution in [1.29, 1.82) is 0 Å². The fourth-order valence-electron chi connectivity index (χ4n) is 0.876. The molecular weight excluding hydrogens is 254 g/mol. The van der Waals surface area contributed by atoms with Gasteiger partial charge in [-0.1, -0.05) is 0 Å². The summed E-state index contributed by atoms with van der Waals surface area (Å²) in [5.41, 5.74) is 0. The van der Waals surface area contributed by atoms with Gasteiger partial charge in [0.15, 0.2) is 0 Å². The van der Waals surface area contributed by atoms with E-state index in [9.17, 15) is 23.6 Å². The van der Waals surface area contributed by atoms with Crippen LogP contribution in [-0.2, 0) is 28.4 Å². The Morgan fingerprint density at radius 3 is 2.81 bits per heavy atom. The molecule has 0 aromatic heterocycles. The summed E-state index contributed by atoms with van der Waals surface area (Å²) in [5, 5.41) is 7.85. The van der Waals surface area contributed by atoms with Gasteiger partial charge in [-0.05, 0) is 0 Å². The van der Waals surface area contributed by atoms with Crippen LogP contribution < -0.4 is 5.26 Å². The van der Waals surface area contributed by atoms with E-state index in [0.717, 1.165) is 0 Å². The maximum absolute atomic E-state index is 12.8. The minimum Gasteiger partial charge on any atom is -0.691 e. The lowest BCUT2D eigenvalue weighted by Crippen LogP contribution is -2.32. The Kier molecular flexibility index (Phi) is 4.41. The number of cyclic esters (lactones) is 1. The van der Waals surface area contributed by atoms with E-state index in [0.29, 0.717) is 0 Å². The highest BCUT2D eigenvalue weighted by Gasteiger charge is 2.45. The van der Waals surface area contributed by atoms with E-state index in [1.807, 2.05) is 0 Å². The van der Waals surface area contributed by atoms with Crippen LogP contribution in [0.2, 0.25) is 0 Å². The second-order valence-corrected chi connectivity index (χ2v) is 3.47. The zero-order valence-corrected chi connectivity index (χ0v) is 8.33. The van der Waals surface area contributed by atoms with Gasteiger partial charge in [0.05, 0.1) is 6.42 Å². The van der Waals surface area contributed by atoms with Gasteiger partial charge < -0.3 is 14.7 Å². The molecule has 0 amide bonds. The second-order valence-electron chi connectivity index (χ2n) is 2.65. The zero-order chi connectivity index (χ0) is 12.2. The molecule has 92 valence electrons. The summed E-state index contributed by atoms with van der Waals surface area (Å²) in [6, 6.07) is 0. The first-order valence-corrected chi connectivity index (χ1v) is 4.58. The average molecular weight is 259 g/mol. The second kappa shape index (κ2) is 5.39. The minimum absolute atomic E-state index is 0.274. The molecule has 1 aliphatic rings.